The molecule has 0 unspecified atom stereocenters. The molecule has 29 heavy (non-hydrogen) atoms. The fraction of sp³-hybridized carbons (Fsp3) is 0.350. The number of rotatable bonds is 3. The molecule has 1 heterocycles. The fourth-order valence-electron chi connectivity index (χ4n) is 2.96. The smallest absolute Gasteiger partial charge is 0.475 e. The lowest BCUT2D eigenvalue weighted by Gasteiger charge is -2.25. The van der Waals surface area contributed by atoms with Gasteiger partial charge < -0.3 is 10.4 Å². The molecule has 0 atom stereocenters. The van der Waals surface area contributed by atoms with Gasteiger partial charge in [-0.25, -0.2) is 13.6 Å². The number of aryl methyl sites for hydroxylation is 1. The summed E-state index contributed by atoms with van der Waals surface area (Å²) in [7, 11) is 0. The molecule has 158 valence electrons. The predicted octanol–water partition coefficient (Wildman–Crippen LogP) is 5.52. The minimum atomic E-state index is -5.08. The summed E-state index contributed by atoms with van der Waals surface area (Å²) < 4.78 is 59.4. The van der Waals surface area contributed by atoms with Gasteiger partial charge in [-0.1, -0.05) is 17.8 Å². The Bertz CT molecular complexity index is 851. The molecule has 0 amide bonds. The molecular weight excluding hydrogens is 413 g/mol. The molecule has 1 aliphatic heterocycles. The number of hydrogen-bond donors (Lipinski definition) is 2. The van der Waals surface area contributed by atoms with Crippen LogP contribution in [0.15, 0.2) is 46.2 Å². The Labute approximate surface area is 169 Å². The van der Waals surface area contributed by atoms with Crippen molar-refractivity contribution >= 4 is 17.7 Å². The maximum absolute atomic E-state index is 14.4. The van der Waals surface area contributed by atoms with E-state index >= 15 is 0 Å². The molecule has 2 N–H and O–H groups in total. The van der Waals surface area contributed by atoms with Gasteiger partial charge in [0.05, 0.1) is 0 Å². The second-order valence-corrected chi connectivity index (χ2v) is 7.57. The second-order valence-electron chi connectivity index (χ2n) is 6.49. The summed E-state index contributed by atoms with van der Waals surface area (Å²) in [4.78, 5) is 10.8. The highest BCUT2D eigenvalue weighted by Crippen LogP contribution is 2.39. The van der Waals surface area contributed by atoms with Crippen molar-refractivity contribution in [2.75, 3.05) is 13.1 Å². The Hall–Kier alpha value is -2.13. The zero-order chi connectivity index (χ0) is 21.6. The van der Waals surface area contributed by atoms with Crippen LogP contribution < -0.4 is 5.32 Å². The fourth-order valence-corrected chi connectivity index (χ4v) is 4.07. The zero-order valence-corrected chi connectivity index (χ0v) is 16.3. The lowest BCUT2D eigenvalue weighted by Crippen LogP contribution is -2.27. The third kappa shape index (κ3) is 6.71. The van der Waals surface area contributed by atoms with E-state index in [-0.39, 0.29) is 17.6 Å². The van der Waals surface area contributed by atoms with Crippen LogP contribution >= 0.6 is 11.8 Å². The summed E-state index contributed by atoms with van der Waals surface area (Å²) in [6, 6.07) is 10.0. The van der Waals surface area contributed by atoms with E-state index in [1.165, 1.54) is 23.9 Å². The molecule has 3 nitrogen and oxygen atoms in total. The Morgan fingerprint density at radius 1 is 1.10 bits per heavy atom. The molecule has 0 saturated carbocycles. The van der Waals surface area contributed by atoms with E-state index in [0.29, 0.717) is 0 Å². The van der Waals surface area contributed by atoms with Crippen molar-refractivity contribution < 1.29 is 31.9 Å². The van der Waals surface area contributed by atoms with Gasteiger partial charge in [0, 0.05) is 15.4 Å². The van der Waals surface area contributed by atoms with Crippen molar-refractivity contribution in [3.05, 3.63) is 59.2 Å². The lowest BCUT2D eigenvalue weighted by atomic mass is 9.90. The monoisotopic (exact) mass is 433 g/mol. The quantitative estimate of drug-likeness (QED) is 0.626. The zero-order valence-electron chi connectivity index (χ0n) is 15.5. The average molecular weight is 433 g/mol. The number of aliphatic carboxylic acids is 1. The Kier molecular flexibility index (Phi) is 8.04. The molecule has 1 saturated heterocycles. The number of carboxylic acid groups (broad SMARTS) is 1. The van der Waals surface area contributed by atoms with Gasteiger partial charge in [0.1, 0.15) is 11.6 Å². The van der Waals surface area contributed by atoms with E-state index < -0.39 is 12.1 Å². The van der Waals surface area contributed by atoms with Gasteiger partial charge in [-0.3, -0.25) is 0 Å². The van der Waals surface area contributed by atoms with Crippen LogP contribution in [0.3, 0.4) is 0 Å². The van der Waals surface area contributed by atoms with Crippen LogP contribution in [-0.2, 0) is 4.79 Å². The van der Waals surface area contributed by atoms with Crippen LogP contribution in [0.25, 0.3) is 0 Å². The van der Waals surface area contributed by atoms with Crippen LogP contribution in [0.2, 0.25) is 0 Å². The predicted molar refractivity (Wildman–Crippen MR) is 100 cm³/mol. The van der Waals surface area contributed by atoms with Gasteiger partial charge in [-0.2, -0.15) is 13.2 Å². The first-order chi connectivity index (χ1) is 13.6. The van der Waals surface area contributed by atoms with Crippen molar-refractivity contribution in [3.8, 4) is 0 Å². The molecule has 2 aromatic rings. The van der Waals surface area contributed by atoms with Gasteiger partial charge in [0.15, 0.2) is 0 Å². The van der Waals surface area contributed by atoms with Gasteiger partial charge >= 0.3 is 12.1 Å². The third-order valence-electron chi connectivity index (χ3n) is 4.36. The molecule has 0 bridgehead atoms. The summed E-state index contributed by atoms with van der Waals surface area (Å²) in [5.74, 6) is -2.87. The van der Waals surface area contributed by atoms with Gasteiger partial charge in [0.2, 0.25) is 0 Å². The maximum atomic E-state index is 14.4. The molecule has 1 aliphatic rings. The van der Waals surface area contributed by atoms with E-state index in [0.717, 1.165) is 46.8 Å². The number of carbonyl (C=O) groups is 1. The van der Waals surface area contributed by atoms with Crippen molar-refractivity contribution in [2.24, 2.45) is 0 Å². The van der Waals surface area contributed by atoms with Crippen LogP contribution in [0.5, 0.6) is 0 Å². The molecule has 0 spiro atoms. The highest BCUT2D eigenvalue weighted by molar-refractivity contribution is 7.99. The normalized spacial score (nSPS) is 14.8. The number of nitrogens with one attached hydrogen (secondary N) is 1. The first-order valence-electron chi connectivity index (χ1n) is 8.83. The van der Waals surface area contributed by atoms with Gasteiger partial charge in [-0.05, 0) is 74.7 Å². The van der Waals surface area contributed by atoms with Crippen LogP contribution in [0.4, 0.5) is 22.0 Å². The second kappa shape index (κ2) is 10.1. The van der Waals surface area contributed by atoms with E-state index in [9.17, 15) is 22.0 Å². The molecule has 0 aromatic heterocycles. The molecule has 3 rings (SSSR count). The summed E-state index contributed by atoms with van der Waals surface area (Å²) in [5, 5.41) is 10.4. The first-order valence-corrected chi connectivity index (χ1v) is 9.64. The van der Waals surface area contributed by atoms with Gasteiger partial charge in [0.25, 0.3) is 0 Å². The van der Waals surface area contributed by atoms with Crippen molar-refractivity contribution in [2.45, 2.75) is 41.7 Å². The largest absolute Gasteiger partial charge is 0.490 e. The van der Waals surface area contributed by atoms with E-state index in [1.807, 2.05) is 13.0 Å². The van der Waals surface area contributed by atoms with E-state index in [1.54, 1.807) is 18.2 Å². The van der Waals surface area contributed by atoms with Crippen LogP contribution in [0, 0.1) is 18.6 Å². The van der Waals surface area contributed by atoms with Crippen molar-refractivity contribution in [1.29, 1.82) is 0 Å². The minimum absolute atomic E-state index is 0.128. The first kappa shape index (κ1) is 23.2. The van der Waals surface area contributed by atoms with E-state index in [2.05, 4.69) is 5.32 Å². The van der Waals surface area contributed by atoms with E-state index in [4.69, 9.17) is 9.90 Å². The Balaban J connectivity index is 0.000000370. The highest BCUT2D eigenvalue weighted by atomic mass is 32.2. The summed E-state index contributed by atoms with van der Waals surface area (Å²) in [6.45, 7) is 3.74. The molecule has 9 heteroatoms. The van der Waals surface area contributed by atoms with Crippen molar-refractivity contribution in [1.82, 2.24) is 5.32 Å². The molecule has 0 radical (unpaired) electrons. The van der Waals surface area contributed by atoms with Crippen molar-refractivity contribution in [3.63, 3.8) is 0 Å². The average Bonchev–Trinajstić information content (AvgIpc) is 2.64. The molecule has 0 aliphatic carbocycles. The molecule has 1 fully saturated rings. The van der Waals surface area contributed by atoms with Crippen LogP contribution in [-0.4, -0.2) is 30.3 Å². The molecule has 2 aromatic carbocycles. The Morgan fingerprint density at radius 2 is 1.72 bits per heavy atom. The number of benzene rings is 2. The Morgan fingerprint density at radius 3 is 2.28 bits per heavy atom. The number of piperidine rings is 1. The summed E-state index contributed by atoms with van der Waals surface area (Å²) in [6.07, 6.45) is -3.17. The van der Waals surface area contributed by atoms with Crippen LogP contribution in [0.1, 0.15) is 29.9 Å². The third-order valence-corrected chi connectivity index (χ3v) is 5.61. The number of alkyl halides is 3. The van der Waals surface area contributed by atoms with Gasteiger partial charge in [-0.15, -0.1) is 0 Å². The number of hydrogen-bond acceptors (Lipinski definition) is 3. The SMILES string of the molecule is Cc1cc(F)ccc1Sc1cccc(F)c1C1CCNCC1.O=C(O)C(F)(F)F. The topological polar surface area (TPSA) is 49.3 Å². The minimum Gasteiger partial charge on any atom is -0.475 e. The summed E-state index contributed by atoms with van der Waals surface area (Å²) in [5.41, 5.74) is 1.70. The number of halogens is 5. The number of carboxylic acids is 1. The summed E-state index contributed by atoms with van der Waals surface area (Å²) >= 11 is 1.53. The lowest BCUT2D eigenvalue weighted by molar-refractivity contribution is -0.192. The highest BCUT2D eigenvalue weighted by Gasteiger charge is 2.38. The maximum Gasteiger partial charge on any atom is 0.490 e. The standard InChI is InChI=1S/C18H19F2NS.C2HF3O2/c1-12-11-14(19)5-6-16(12)22-17-4-2-3-15(20)18(17)13-7-9-21-10-8-13;3-2(4,5)1(6)7/h2-6,11,13,21H,7-10H2,1H3;(H,6,7). The molecular formula is C20H20F5NO2S.